The lowest BCUT2D eigenvalue weighted by atomic mass is 10.1. The molecule has 0 unspecified atom stereocenters. The highest BCUT2D eigenvalue weighted by molar-refractivity contribution is 5.91. The Hall–Kier alpha value is -3.15. The summed E-state index contributed by atoms with van der Waals surface area (Å²) in [4.78, 5) is 11.9. The third kappa shape index (κ3) is 3.52. The molecule has 6 nitrogen and oxygen atoms in total. The monoisotopic (exact) mass is 339 g/mol. The van der Waals surface area contributed by atoms with Gasteiger partial charge in [0.15, 0.2) is 23.0 Å². The summed E-state index contributed by atoms with van der Waals surface area (Å²) >= 11 is 0. The lowest BCUT2D eigenvalue weighted by molar-refractivity contribution is -0.116. The molecule has 2 aliphatic heterocycles. The van der Waals surface area contributed by atoms with E-state index in [0.29, 0.717) is 12.3 Å². The summed E-state index contributed by atoms with van der Waals surface area (Å²) in [6, 6.07) is 11.4. The van der Waals surface area contributed by atoms with E-state index in [0.717, 1.165) is 34.8 Å². The van der Waals surface area contributed by atoms with Gasteiger partial charge in [0.2, 0.25) is 19.5 Å². The fourth-order valence-corrected chi connectivity index (χ4v) is 2.67. The second kappa shape index (κ2) is 6.76. The van der Waals surface area contributed by atoms with Crippen LogP contribution in [0, 0.1) is 0 Å². The maximum absolute atomic E-state index is 11.9. The third-order valence-corrected chi connectivity index (χ3v) is 3.97. The normalized spacial score (nSPS) is 14.1. The molecule has 0 aliphatic carbocycles. The van der Waals surface area contributed by atoms with Gasteiger partial charge in [-0.1, -0.05) is 12.1 Å². The topological polar surface area (TPSA) is 66.0 Å². The van der Waals surface area contributed by atoms with Gasteiger partial charge in [0, 0.05) is 12.6 Å². The predicted octanol–water partition coefficient (Wildman–Crippen LogP) is 2.52. The smallest absolute Gasteiger partial charge is 0.244 e. The highest BCUT2D eigenvalue weighted by Gasteiger charge is 2.13. The Kier molecular flexibility index (Phi) is 4.16. The Balaban J connectivity index is 1.27. The van der Waals surface area contributed by atoms with Crippen molar-refractivity contribution in [1.29, 1.82) is 0 Å². The fraction of sp³-hybridized carbons (Fsp3) is 0.211. The average molecular weight is 339 g/mol. The molecule has 2 aliphatic rings. The lowest BCUT2D eigenvalue weighted by Gasteiger charge is -2.04. The average Bonchev–Trinajstić information content (AvgIpc) is 3.28. The summed E-state index contributed by atoms with van der Waals surface area (Å²) in [7, 11) is 0. The van der Waals surface area contributed by atoms with E-state index in [1.54, 1.807) is 6.08 Å². The minimum atomic E-state index is -0.140. The van der Waals surface area contributed by atoms with Crippen molar-refractivity contribution in [3.8, 4) is 23.0 Å². The number of fused-ring (bicyclic) bond motifs is 2. The van der Waals surface area contributed by atoms with E-state index in [-0.39, 0.29) is 19.5 Å². The number of hydrogen-bond donors (Lipinski definition) is 1. The van der Waals surface area contributed by atoms with Crippen molar-refractivity contribution in [3.63, 3.8) is 0 Å². The van der Waals surface area contributed by atoms with Crippen LogP contribution in [0.25, 0.3) is 6.08 Å². The first kappa shape index (κ1) is 15.4. The molecule has 25 heavy (non-hydrogen) atoms. The molecule has 1 amide bonds. The molecule has 0 saturated carbocycles. The summed E-state index contributed by atoms with van der Waals surface area (Å²) in [5, 5.41) is 2.87. The second-order valence-corrected chi connectivity index (χ2v) is 5.67. The molecule has 0 fully saturated rings. The van der Waals surface area contributed by atoms with Gasteiger partial charge in [-0.3, -0.25) is 4.79 Å². The SMILES string of the molecule is O=C(C=Cc1ccc2c(c1)OCO2)NCCc1ccc2c(c1)OCO2. The quantitative estimate of drug-likeness (QED) is 0.848. The molecule has 0 radical (unpaired) electrons. The first-order chi connectivity index (χ1) is 12.3. The number of carbonyl (C=O) groups is 1. The summed E-state index contributed by atoms with van der Waals surface area (Å²) in [5.74, 6) is 2.81. The van der Waals surface area contributed by atoms with Crippen molar-refractivity contribution in [2.45, 2.75) is 6.42 Å². The van der Waals surface area contributed by atoms with Crippen LogP contribution in [-0.4, -0.2) is 26.0 Å². The number of amides is 1. The molecule has 0 aromatic heterocycles. The molecule has 6 heteroatoms. The standard InChI is InChI=1S/C19H17NO5/c21-19(6-3-13-1-4-15-17(9-13)24-11-22-15)20-8-7-14-2-5-16-18(10-14)25-12-23-16/h1-6,9-10H,7-8,11-12H2,(H,20,21). The van der Waals surface area contributed by atoms with Crippen LogP contribution < -0.4 is 24.3 Å². The zero-order valence-electron chi connectivity index (χ0n) is 13.5. The Bertz CT molecular complexity index is 831. The minimum absolute atomic E-state index is 0.140. The highest BCUT2D eigenvalue weighted by atomic mass is 16.7. The Morgan fingerprint density at radius 3 is 2.40 bits per heavy atom. The van der Waals surface area contributed by atoms with Gasteiger partial charge in [-0.15, -0.1) is 0 Å². The van der Waals surface area contributed by atoms with Crippen LogP contribution in [0.3, 0.4) is 0 Å². The van der Waals surface area contributed by atoms with Gasteiger partial charge in [-0.2, -0.15) is 0 Å². The van der Waals surface area contributed by atoms with Crippen molar-refractivity contribution in [3.05, 3.63) is 53.6 Å². The van der Waals surface area contributed by atoms with Crippen molar-refractivity contribution >= 4 is 12.0 Å². The van der Waals surface area contributed by atoms with Crippen LogP contribution in [0.15, 0.2) is 42.5 Å². The summed E-state index contributed by atoms with van der Waals surface area (Å²) in [6.45, 7) is 1.05. The van der Waals surface area contributed by atoms with E-state index < -0.39 is 0 Å². The number of nitrogens with one attached hydrogen (secondary N) is 1. The highest BCUT2D eigenvalue weighted by Crippen LogP contribution is 2.33. The van der Waals surface area contributed by atoms with Crippen LogP contribution in [0.2, 0.25) is 0 Å². The first-order valence-electron chi connectivity index (χ1n) is 8.02. The van der Waals surface area contributed by atoms with Crippen LogP contribution >= 0.6 is 0 Å². The molecular weight excluding hydrogens is 322 g/mol. The maximum Gasteiger partial charge on any atom is 0.244 e. The van der Waals surface area contributed by atoms with Crippen LogP contribution in [0.4, 0.5) is 0 Å². The van der Waals surface area contributed by atoms with Crippen molar-refractivity contribution in [2.75, 3.05) is 20.1 Å². The number of carbonyl (C=O) groups excluding carboxylic acids is 1. The summed E-state index contributed by atoms with van der Waals surface area (Å²) < 4.78 is 21.2. The van der Waals surface area contributed by atoms with Gasteiger partial charge in [0.25, 0.3) is 0 Å². The molecule has 2 aromatic carbocycles. The number of rotatable bonds is 5. The summed E-state index contributed by atoms with van der Waals surface area (Å²) in [6.07, 6.45) is 3.98. The molecule has 0 saturated heterocycles. The van der Waals surface area contributed by atoms with Crippen LogP contribution in [0.1, 0.15) is 11.1 Å². The van der Waals surface area contributed by atoms with E-state index in [4.69, 9.17) is 18.9 Å². The second-order valence-electron chi connectivity index (χ2n) is 5.67. The predicted molar refractivity (Wildman–Crippen MR) is 90.9 cm³/mol. The van der Waals surface area contributed by atoms with Gasteiger partial charge in [0.05, 0.1) is 0 Å². The van der Waals surface area contributed by atoms with E-state index in [1.807, 2.05) is 36.4 Å². The molecular formula is C19H17NO5. The van der Waals surface area contributed by atoms with Gasteiger partial charge < -0.3 is 24.3 Å². The van der Waals surface area contributed by atoms with Gasteiger partial charge in [-0.05, 0) is 47.9 Å². The van der Waals surface area contributed by atoms with Gasteiger partial charge in [-0.25, -0.2) is 0 Å². The molecule has 4 rings (SSSR count). The lowest BCUT2D eigenvalue weighted by Crippen LogP contribution is -2.23. The first-order valence-corrected chi connectivity index (χ1v) is 8.02. The fourth-order valence-electron chi connectivity index (χ4n) is 2.67. The van der Waals surface area contributed by atoms with Crippen molar-refractivity contribution < 1.29 is 23.7 Å². The van der Waals surface area contributed by atoms with E-state index in [1.165, 1.54) is 6.08 Å². The number of hydrogen-bond acceptors (Lipinski definition) is 5. The summed E-state index contributed by atoms with van der Waals surface area (Å²) in [5.41, 5.74) is 1.97. The molecule has 2 heterocycles. The zero-order valence-corrected chi connectivity index (χ0v) is 13.5. The van der Waals surface area contributed by atoms with Gasteiger partial charge >= 0.3 is 0 Å². The van der Waals surface area contributed by atoms with E-state index >= 15 is 0 Å². The maximum atomic E-state index is 11.9. The van der Waals surface area contributed by atoms with Crippen LogP contribution in [-0.2, 0) is 11.2 Å². The molecule has 1 N–H and O–H groups in total. The molecule has 0 bridgehead atoms. The largest absolute Gasteiger partial charge is 0.454 e. The Labute approximate surface area is 145 Å². The Morgan fingerprint density at radius 2 is 1.60 bits per heavy atom. The molecule has 0 atom stereocenters. The van der Waals surface area contributed by atoms with E-state index in [2.05, 4.69) is 5.32 Å². The van der Waals surface area contributed by atoms with Crippen LogP contribution in [0.5, 0.6) is 23.0 Å². The number of ether oxygens (including phenoxy) is 4. The van der Waals surface area contributed by atoms with Crippen molar-refractivity contribution in [2.24, 2.45) is 0 Å². The molecule has 2 aromatic rings. The third-order valence-electron chi connectivity index (χ3n) is 3.97. The number of benzene rings is 2. The van der Waals surface area contributed by atoms with Crippen molar-refractivity contribution in [1.82, 2.24) is 5.32 Å². The zero-order chi connectivity index (χ0) is 17.1. The molecule has 0 spiro atoms. The van der Waals surface area contributed by atoms with Gasteiger partial charge in [0.1, 0.15) is 0 Å². The Morgan fingerprint density at radius 1 is 0.920 bits per heavy atom. The minimum Gasteiger partial charge on any atom is -0.454 e. The van der Waals surface area contributed by atoms with E-state index in [9.17, 15) is 4.79 Å². The molecule has 128 valence electrons.